The number of hydrogen-bond donors (Lipinski definition) is 1. The van der Waals surface area contributed by atoms with Crippen LogP contribution in [0.2, 0.25) is 0 Å². The summed E-state index contributed by atoms with van der Waals surface area (Å²) < 4.78 is 13.0. The molecule has 0 aliphatic carbocycles. The van der Waals surface area contributed by atoms with Crippen molar-refractivity contribution in [2.24, 2.45) is 0 Å². The maximum Gasteiger partial charge on any atom is 0.286 e. The number of nitrogens with zero attached hydrogens (tertiary/aromatic N) is 4. The van der Waals surface area contributed by atoms with Crippen molar-refractivity contribution in [1.29, 1.82) is 0 Å². The number of aromatic nitrogens is 2. The molecule has 152 valence electrons. The summed E-state index contributed by atoms with van der Waals surface area (Å²) in [5, 5.41) is 14.2. The van der Waals surface area contributed by atoms with Gasteiger partial charge in [0.15, 0.2) is 0 Å². The first-order valence-corrected chi connectivity index (χ1v) is 11.2. The molecule has 1 amide bonds. The molecule has 0 saturated carbocycles. The SMILES string of the molecule is O=C(Nc1ccc(F)cc1)c1nnc(CN2CCN(CCc3cccs3)CC2)s1. The monoisotopic (exact) mass is 431 g/mol. The van der Waals surface area contributed by atoms with Crippen LogP contribution in [-0.2, 0) is 13.0 Å². The minimum Gasteiger partial charge on any atom is -0.320 e. The maximum atomic E-state index is 13.0. The van der Waals surface area contributed by atoms with Crippen molar-refractivity contribution in [1.82, 2.24) is 20.0 Å². The molecule has 0 unspecified atom stereocenters. The highest BCUT2D eigenvalue weighted by Gasteiger charge is 2.19. The maximum absolute atomic E-state index is 13.0. The molecule has 1 aromatic carbocycles. The lowest BCUT2D eigenvalue weighted by molar-refractivity contribution is 0.102. The van der Waals surface area contributed by atoms with Crippen LogP contribution in [0.5, 0.6) is 0 Å². The van der Waals surface area contributed by atoms with Gasteiger partial charge in [-0.25, -0.2) is 4.39 Å². The molecular weight excluding hydrogens is 409 g/mol. The van der Waals surface area contributed by atoms with Crippen LogP contribution in [0.25, 0.3) is 0 Å². The van der Waals surface area contributed by atoms with Crippen LogP contribution in [0.1, 0.15) is 19.7 Å². The quantitative estimate of drug-likeness (QED) is 0.622. The number of anilines is 1. The molecule has 1 saturated heterocycles. The summed E-state index contributed by atoms with van der Waals surface area (Å²) in [6, 6.07) is 9.96. The molecule has 1 N–H and O–H groups in total. The third-order valence-electron chi connectivity index (χ3n) is 4.84. The van der Waals surface area contributed by atoms with Crippen molar-refractivity contribution in [3.8, 4) is 0 Å². The van der Waals surface area contributed by atoms with Gasteiger partial charge >= 0.3 is 0 Å². The fourth-order valence-corrected chi connectivity index (χ4v) is 4.69. The number of carbonyl (C=O) groups excluding carboxylic acids is 1. The molecule has 3 aromatic rings. The Labute approximate surface area is 177 Å². The van der Waals surface area contributed by atoms with Gasteiger partial charge in [-0.15, -0.1) is 21.5 Å². The lowest BCUT2D eigenvalue weighted by atomic mass is 10.2. The van der Waals surface area contributed by atoms with Crippen molar-refractivity contribution in [2.75, 3.05) is 38.0 Å². The van der Waals surface area contributed by atoms with Crippen LogP contribution < -0.4 is 5.32 Å². The average molecular weight is 432 g/mol. The fraction of sp³-hybridized carbons (Fsp3) is 0.350. The second-order valence-electron chi connectivity index (χ2n) is 6.91. The Morgan fingerprint density at radius 3 is 2.55 bits per heavy atom. The van der Waals surface area contributed by atoms with Crippen molar-refractivity contribution < 1.29 is 9.18 Å². The summed E-state index contributed by atoms with van der Waals surface area (Å²) >= 11 is 3.12. The van der Waals surface area contributed by atoms with Crippen LogP contribution in [0, 0.1) is 5.82 Å². The Kier molecular flexibility index (Phi) is 6.60. The Balaban J connectivity index is 1.23. The molecule has 0 atom stereocenters. The van der Waals surface area contributed by atoms with Crippen LogP contribution in [0.15, 0.2) is 41.8 Å². The van der Waals surface area contributed by atoms with E-state index < -0.39 is 0 Å². The molecule has 3 heterocycles. The van der Waals surface area contributed by atoms with Gasteiger partial charge in [-0.2, -0.15) is 0 Å². The highest BCUT2D eigenvalue weighted by atomic mass is 32.1. The minimum atomic E-state index is -0.340. The van der Waals surface area contributed by atoms with E-state index in [0.29, 0.717) is 17.2 Å². The molecule has 1 aliphatic rings. The Bertz CT molecular complexity index is 921. The summed E-state index contributed by atoms with van der Waals surface area (Å²) in [4.78, 5) is 18.6. The lowest BCUT2D eigenvalue weighted by Gasteiger charge is -2.34. The summed E-state index contributed by atoms with van der Waals surface area (Å²) in [5.41, 5.74) is 0.534. The zero-order valence-electron chi connectivity index (χ0n) is 15.9. The first-order chi connectivity index (χ1) is 14.2. The van der Waals surface area contributed by atoms with Gasteiger partial charge in [0.25, 0.3) is 5.91 Å². The highest BCUT2D eigenvalue weighted by molar-refractivity contribution is 7.13. The smallest absolute Gasteiger partial charge is 0.286 e. The van der Waals surface area contributed by atoms with Crippen molar-refractivity contribution in [3.05, 3.63) is 62.5 Å². The second kappa shape index (κ2) is 9.53. The molecule has 1 aliphatic heterocycles. The van der Waals surface area contributed by atoms with Gasteiger partial charge in [0, 0.05) is 43.3 Å². The zero-order valence-corrected chi connectivity index (χ0v) is 17.5. The van der Waals surface area contributed by atoms with Crippen LogP contribution in [0.4, 0.5) is 10.1 Å². The standard InChI is InChI=1S/C20H22FN5OS2/c21-15-3-5-16(6-4-15)22-19(27)20-24-23-18(29-20)14-26-11-9-25(10-12-26)8-7-17-2-1-13-28-17/h1-6,13H,7-12,14H2,(H,22,27). The van der Waals surface area contributed by atoms with Crippen molar-refractivity contribution >= 4 is 34.3 Å². The number of amides is 1. The van der Waals surface area contributed by atoms with Gasteiger partial charge in [-0.1, -0.05) is 17.4 Å². The molecule has 29 heavy (non-hydrogen) atoms. The number of nitrogens with one attached hydrogen (secondary N) is 1. The Hall–Kier alpha value is -2.20. The van der Waals surface area contributed by atoms with E-state index in [1.165, 1.54) is 40.5 Å². The predicted molar refractivity (Wildman–Crippen MR) is 114 cm³/mol. The highest BCUT2D eigenvalue weighted by Crippen LogP contribution is 2.17. The zero-order chi connectivity index (χ0) is 20.1. The third-order valence-corrected chi connectivity index (χ3v) is 6.68. The largest absolute Gasteiger partial charge is 0.320 e. The molecule has 0 spiro atoms. The predicted octanol–water partition coefficient (Wildman–Crippen LogP) is 3.35. The molecule has 0 bridgehead atoms. The number of rotatable bonds is 7. The average Bonchev–Trinajstić information content (AvgIpc) is 3.41. The lowest BCUT2D eigenvalue weighted by Crippen LogP contribution is -2.46. The summed E-state index contributed by atoms with van der Waals surface area (Å²) in [6.07, 6.45) is 1.11. The first-order valence-electron chi connectivity index (χ1n) is 9.52. The third kappa shape index (κ3) is 5.66. The normalized spacial score (nSPS) is 15.5. The number of thiophene rings is 1. The van der Waals surface area contributed by atoms with E-state index in [2.05, 4.69) is 42.8 Å². The molecule has 6 nitrogen and oxygen atoms in total. The number of carbonyl (C=O) groups is 1. The summed E-state index contributed by atoms with van der Waals surface area (Å²) in [7, 11) is 0. The molecule has 2 aromatic heterocycles. The summed E-state index contributed by atoms with van der Waals surface area (Å²) in [6.45, 7) is 5.87. The molecular formula is C20H22FN5OS2. The van der Waals surface area contributed by atoms with Gasteiger partial charge in [-0.3, -0.25) is 9.69 Å². The van der Waals surface area contributed by atoms with E-state index >= 15 is 0 Å². The van der Waals surface area contributed by atoms with E-state index in [0.717, 1.165) is 44.2 Å². The van der Waals surface area contributed by atoms with E-state index in [1.807, 2.05) is 11.3 Å². The minimum absolute atomic E-state index is 0.318. The fourth-order valence-electron chi connectivity index (χ4n) is 3.21. The molecule has 1 fully saturated rings. The number of hydrogen-bond acceptors (Lipinski definition) is 7. The number of benzene rings is 1. The summed E-state index contributed by atoms with van der Waals surface area (Å²) in [5.74, 6) is -0.661. The van der Waals surface area contributed by atoms with E-state index in [9.17, 15) is 9.18 Å². The topological polar surface area (TPSA) is 61.4 Å². The van der Waals surface area contributed by atoms with E-state index in [1.54, 1.807) is 0 Å². The number of piperazine rings is 1. The van der Waals surface area contributed by atoms with Crippen molar-refractivity contribution in [2.45, 2.75) is 13.0 Å². The van der Waals surface area contributed by atoms with Gasteiger partial charge in [0.2, 0.25) is 5.01 Å². The molecule has 4 rings (SSSR count). The second-order valence-corrected chi connectivity index (χ2v) is 9.00. The molecule has 9 heteroatoms. The molecule has 0 radical (unpaired) electrons. The van der Waals surface area contributed by atoms with Gasteiger partial charge in [0.1, 0.15) is 10.8 Å². The van der Waals surface area contributed by atoms with Gasteiger partial charge < -0.3 is 10.2 Å². The van der Waals surface area contributed by atoms with Crippen molar-refractivity contribution in [3.63, 3.8) is 0 Å². The van der Waals surface area contributed by atoms with Gasteiger partial charge in [0.05, 0.1) is 6.54 Å². The Morgan fingerprint density at radius 1 is 1.07 bits per heavy atom. The van der Waals surface area contributed by atoms with E-state index in [-0.39, 0.29) is 11.7 Å². The van der Waals surface area contributed by atoms with Gasteiger partial charge in [-0.05, 0) is 42.1 Å². The van der Waals surface area contributed by atoms with Crippen LogP contribution in [-0.4, -0.2) is 58.6 Å². The Morgan fingerprint density at radius 2 is 1.83 bits per heavy atom. The van der Waals surface area contributed by atoms with Crippen LogP contribution in [0.3, 0.4) is 0 Å². The van der Waals surface area contributed by atoms with E-state index in [4.69, 9.17) is 0 Å². The number of halogens is 1. The van der Waals surface area contributed by atoms with Crippen LogP contribution >= 0.6 is 22.7 Å². The first kappa shape index (κ1) is 20.1.